The highest BCUT2D eigenvalue weighted by molar-refractivity contribution is 7.87. The van der Waals surface area contributed by atoms with Gasteiger partial charge in [-0.25, -0.2) is 0 Å². The normalized spacial score (nSPS) is 53.0. The van der Waals surface area contributed by atoms with Gasteiger partial charge >= 0.3 is 0 Å². The minimum atomic E-state index is -0.418. The van der Waals surface area contributed by atoms with Gasteiger partial charge in [0.2, 0.25) is 0 Å². The first kappa shape index (κ1) is 5.76. The third-order valence-electron chi connectivity index (χ3n) is 3.24. The number of hydrogen-bond donors (Lipinski definition) is 0. The summed E-state index contributed by atoms with van der Waals surface area (Å²) in [5.74, 6) is 0.989. The Kier molecular flexibility index (Phi) is 0.862. The van der Waals surface area contributed by atoms with Crippen molar-refractivity contribution in [1.82, 2.24) is 0 Å². The minimum Gasteiger partial charge on any atom is -0.259 e. The zero-order valence-corrected chi connectivity index (χ0v) is 6.82. The second-order valence-electron chi connectivity index (χ2n) is 4.16. The van der Waals surface area contributed by atoms with E-state index < -0.39 is 10.8 Å². The van der Waals surface area contributed by atoms with Crippen LogP contribution >= 0.6 is 0 Å². The molecule has 0 aromatic rings. The van der Waals surface area contributed by atoms with Crippen molar-refractivity contribution in [3.05, 3.63) is 0 Å². The van der Waals surface area contributed by atoms with Gasteiger partial charge < -0.3 is 0 Å². The zero-order chi connectivity index (χ0) is 6.77. The van der Waals surface area contributed by atoms with Crippen LogP contribution in [0.2, 0.25) is 0 Å². The van der Waals surface area contributed by atoms with Gasteiger partial charge in [0.05, 0.1) is 0 Å². The van der Waals surface area contributed by atoms with E-state index in [1.807, 2.05) is 0 Å². The molecule has 2 bridgehead atoms. The second-order valence-corrected chi connectivity index (χ2v) is 6.29. The lowest BCUT2D eigenvalue weighted by Crippen LogP contribution is -2.61. The predicted octanol–water partition coefficient (Wildman–Crippen LogP) is 1.45. The van der Waals surface area contributed by atoms with Gasteiger partial charge in [0.15, 0.2) is 0 Å². The topological polar surface area (TPSA) is 17.1 Å². The van der Waals surface area contributed by atoms with Gasteiger partial charge in [0.1, 0.15) is 0 Å². The molecular weight excluding hydrogens is 144 g/mol. The average molecular weight is 156 g/mol. The van der Waals surface area contributed by atoms with Crippen LogP contribution in [0.1, 0.15) is 32.1 Å². The van der Waals surface area contributed by atoms with E-state index in [0.29, 0.717) is 10.00 Å². The third-order valence-corrected chi connectivity index (χ3v) is 5.67. The summed E-state index contributed by atoms with van der Waals surface area (Å²) in [6, 6.07) is 0. The maximum Gasteiger partial charge on any atom is 0.0470 e. The van der Waals surface area contributed by atoms with Crippen LogP contribution in [0.15, 0.2) is 0 Å². The molecule has 4 aliphatic carbocycles. The van der Waals surface area contributed by atoms with E-state index in [1.54, 1.807) is 0 Å². The zero-order valence-electron chi connectivity index (χ0n) is 6.01. The lowest BCUT2D eigenvalue weighted by atomic mass is 9.55. The standard InChI is InChI=1S/C8H12OS/c9-10(7-1-2-7)8-3-6(4-8)5-8/h6-7H,1-5H2. The Morgan fingerprint density at radius 2 is 1.80 bits per heavy atom. The Balaban J connectivity index is 1.79. The fraction of sp³-hybridized carbons (Fsp3) is 1.00. The molecule has 4 aliphatic rings. The molecule has 0 saturated heterocycles. The monoisotopic (exact) mass is 156 g/mol. The van der Waals surface area contributed by atoms with Crippen molar-refractivity contribution in [3.63, 3.8) is 0 Å². The molecule has 1 nitrogen and oxygen atoms in total. The third kappa shape index (κ3) is 0.526. The summed E-state index contributed by atoms with van der Waals surface area (Å²) in [5.41, 5.74) is 0. The first-order valence-corrected chi connectivity index (χ1v) is 5.42. The van der Waals surface area contributed by atoms with E-state index >= 15 is 0 Å². The molecular formula is C8H12OS. The van der Waals surface area contributed by atoms with E-state index in [1.165, 1.54) is 32.1 Å². The van der Waals surface area contributed by atoms with Crippen LogP contribution in [-0.4, -0.2) is 14.2 Å². The molecule has 0 radical (unpaired) electrons. The minimum absolute atomic E-state index is 0.381. The Labute approximate surface area is 63.7 Å². The van der Waals surface area contributed by atoms with Crippen LogP contribution in [0, 0.1) is 5.92 Å². The molecule has 0 aromatic carbocycles. The molecule has 56 valence electrons. The SMILES string of the molecule is O=S(C1CC1)C12CC(C1)C2. The van der Waals surface area contributed by atoms with Gasteiger partial charge in [0.25, 0.3) is 0 Å². The molecule has 0 spiro atoms. The quantitative estimate of drug-likeness (QED) is 0.591. The highest BCUT2D eigenvalue weighted by atomic mass is 32.2. The average Bonchev–Trinajstić information content (AvgIpc) is 2.31. The smallest absolute Gasteiger partial charge is 0.0470 e. The lowest BCUT2D eigenvalue weighted by molar-refractivity contribution is 0.0530. The predicted molar refractivity (Wildman–Crippen MR) is 41.2 cm³/mol. The highest BCUT2D eigenvalue weighted by Crippen LogP contribution is 2.62. The van der Waals surface area contributed by atoms with Crippen molar-refractivity contribution in [2.24, 2.45) is 5.92 Å². The van der Waals surface area contributed by atoms with Crippen LogP contribution in [0.25, 0.3) is 0 Å². The van der Waals surface area contributed by atoms with Crippen molar-refractivity contribution in [1.29, 1.82) is 0 Å². The second kappa shape index (κ2) is 1.50. The van der Waals surface area contributed by atoms with E-state index in [0.717, 1.165) is 5.92 Å². The lowest BCUT2D eigenvalue weighted by Gasteiger charge is -2.60. The molecule has 4 rings (SSSR count). The van der Waals surface area contributed by atoms with Crippen LogP contribution in [0.3, 0.4) is 0 Å². The molecule has 0 heterocycles. The molecule has 0 N–H and O–H groups in total. The first-order valence-electron chi connectivity index (χ1n) is 4.21. The maximum atomic E-state index is 11.7. The van der Waals surface area contributed by atoms with Gasteiger partial charge in [-0.15, -0.1) is 0 Å². The van der Waals surface area contributed by atoms with Gasteiger partial charge in [0, 0.05) is 20.8 Å². The molecule has 4 fully saturated rings. The van der Waals surface area contributed by atoms with Crippen LogP contribution in [0.5, 0.6) is 0 Å². The largest absolute Gasteiger partial charge is 0.259 e. The van der Waals surface area contributed by atoms with Gasteiger partial charge in [-0.3, -0.25) is 4.21 Å². The highest BCUT2D eigenvalue weighted by Gasteiger charge is 2.62. The molecule has 10 heavy (non-hydrogen) atoms. The van der Waals surface area contributed by atoms with Crippen molar-refractivity contribution < 1.29 is 4.21 Å². The Morgan fingerprint density at radius 1 is 1.20 bits per heavy atom. The van der Waals surface area contributed by atoms with Crippen molar-refractivity contribution >= 4 is 10.8 Å². The van der Waals surface area contributed by atoms with E-state index in [9.17, 15) is 4.21 Å². The molecule has 0 aromatic heterocycles. The molecule has 2 heteroatoms. The van der Waals surface area contributed by atoms with Crippen molar-refractivity contribution in [3.8, 4) is 0 Å². The van der Waals surface area contributed by atoms with Crippen molar-refractivity contribution in [2.45, 2.75) is 42.1 Å². The van der Waals surface area contributed by atoms with Gasteiger partial charge in [-0.2, -0.15) is 0 Å². The van der Waals surface area contributed by atoms with E-state index in [-0.39, 0.29) is 0 Å². The summed E-state index contributed by atoms with van der Waals surface area (Å²) in [4.78, 5) is 0. The van der Waals surface area contributed by atoms with E-state index in [2.05, 4.69) is 0 Å². The van der Waals surface area contributed by atoms with Crippen LogP contribution < -0.4 is 0 Å². The maximum absolute atomic E-state index is 11.7. The summed E-state index contributed by atoms with van der Waals surface area (Å²) in [6.07, 6.45) is 6.40. The Bertz CT molecular complexity index is 190. The summed E-state index contributed by atoms with van der Waals surface area (Å²) < 4.78 is 12.0. The summed E-state index contributed by atoms with van der Waals surface area (Å²) in [5, 5.41) is 0.626. The Hall–Kier alpha value is 0.150. The number of rotatable bonds is 2. The van der Waals surface area contributed by atoms with Crippen LogP contribution in [-0.2, 0) is 10.8 Å². The van der Waals surface area contributed by atoms with Crippen LogP contribution in [0.4, 0.5) is 0 Å². The molecule has 0 amide bonds. The molecule has 0 aliphatic heterocycles. The fourth-order valence-corrected chi connectivity index (χ4v) is 4.75. The summed E-state index contributed by atoms with van der Waals surface area (Å²) in [6.45, 7) is 0. The van der Waals surface area contributed by atoms with Gasteiger partial charge in [-0.1, -0.05) is 0 Å². The van der Waals surface area contributed by atoms with E-state index in [4.69, 9.17) is 0 Å². The number of hydrogen-bond acceptors (Lipinski definition) is 1. The fourth-order valence-electron chi connectivity index (χ4n) is 2.28. The Morgan fingerprint density at radius 3 is 2.10 bits per heavy atom. The molecule has 1 atom stereocenters. The summed E-state index contributed by atoms with van der Waals surface area (Å²) >= 11 is 0. The van der Waals surface area contributed by atoms with Crippen molar-refractivity contribution in [2.75, 3.05) is 0 Å². The molecule has 4 saturated carbocycles. The summed E-state index contributed by atoms with van der Waals surface area (Å²) in [7, 11) is -0.418. The molecule has 1 unspecified atom stereocenters. The van der Waals surface area contributed by atoms with Gasteiger partial charge in [-0.05, 0) is 38.0 Å². The first-order chi connectivity index (χ1) is 4.80.